The molecule has 0 nitrogen and oxygen atoms in total. The summed E-state index contributed by atoms with van der Waals surface area (Å²) in [6.07, 6.45) is 8.19. The molecule has 0 spiro atoms. The van der Waals surface area contributed by atoms with Crippen molar-refractivity contribution < 1.29 is 58.9 Å². The maximum atomic E-state index is 3.78. The van der Waals surface area contributed by atoms with E-state index in [-0.39, 0.29) is 64.4 Å². The van der Waals surface area contributed by atoms with Gasteiger partial charge in [0.25, 0.3) is 0 Å². The summed E-state index contributed by atoms with van der Waals surface area (Å²) in [5.74, 6) is 0.514. The zero-order chi connectivity index (χ0) is 19.4. The van der Waals surface area contributed by atoms with Crippen molar-refractivity contribution in [3.05, 3.63) is 131 Å². The predicted molar refractivity (Wildman–Crippen MR) is 118 cm³/mol. The first-order chi connectivity index (χ1) is 13.8. The number of rotatable bonds is 6. The average Bonchev–Trinajstić information content (AvgIpc) is 3.26. The third-order valence-electron chi connectivity index (χ3n) is 6.03. The first kappa shape index (κ1) is 30.7. The van der Waals surface area contributed by atoms with Gasteiger partial charge in [-0.25, -0.2) is 5.57 Å². The fraction of sp³-hybridized carbons (Fsp3) is 0.214. The van der Waals surface area contributed by atoms with E-state index < -0.39 is 0 Å². The van der Waals surface area contributed by atoms with Crippen LogP contribution in [0, 0.1) is 12.0 Å². The summed E-state index contributed by atoms with van der Waals surface area (Å²) in [5.41, 5.74) is 6.31. The number of allylic oxidation sites excluding steroid dienone is 4. The zero-order valence-electron chi connectivity index (χ0n) is 18.4. The Bertz CT molecular complexity index is 886. The Hall–Kier alpha value is -1.28. The van der Waals surface area contributed by atoms with Crippen LogP contribution in [0.5, 0.6) is 0 Å². The van der Waals surface area contributed by atoms with Crippen LogP contribution in [-0.2, 0) is 27.1 Å². The topological polar surface area (TPSA) is 0 Å². The van der Waals surface area contributed by atoms with Crippen LogP contribution in [0.3, 0.4) is 0 Å². The molecule has 0 heterocycles. The Morgan fingerprint density at radius 3 is 1.44 bits per heavy atom. The normalized spacial score (nSPS) is 13.2. The van der Waals surface area contributed by atoms with Crippen molar-refractivity contribution in [1.29, 1.82) is 0 Å². The van der Waals surface area contributed by atoms with Gasteiger partial charge >= 0.3 is 21.7 Å². The van der Waals surface area contributed by atoms with Gasteiger partial charge in [0, 0.05) is 5.41 Å². The molecule has 1 unspecified atom stereocenters. The molecule has 0 saturated carbocycles. The molecule has 1 aliphatic carbocycles. The quantitative estimate of drug-likeness (QED) is 0.204. The van der Waals surface area contributed by atoms with Gasteiger partial charge in [0.15, 0.2) is 0 Å². The molecule has 32 heavy (non-hydrogen) atoms. The monoisotopic (exact) mass is 516 g/mol. The third kappa shape index (κ3) is 5.61. The van der Waals surface area contributed by atoms with Crippen molar-refractivity contribution in [3.63, 3.8) is 0 Å². The van der Waals surface area contributed by atoms with E-state index in [0.29, 0.717) is 5.92 Å². The van der Waals surface area contributed by atoms with Crippen molar-refractivity contribution >= 4 is 0 Å². The van der Waals surface area contributed by atoms with E-state index in [1.54, 1.807) is 0 Å². The number of hydrogen-bond donors (Lipinski definition) is 0. The van der Waals surface area contributed by atoms with Gasteiger partial charge in [0.2, 0.25) is 0 Å². The van der Waals surface area contributed by atoms with E-state index in [0.717, 1.165) is 12.8 Å². The molecular formula is C28H27Cl3Ti. The Kier molecular flexibility index (Phi) is 13.5. The Labute approximate surface area is 226 Å². The van der Waals surface area contributed by atoms with Crippen LogP contribution in [0.2, 0.25) is 0 Å². The molecule has 0 aliphatic heterocycles. The smallest absolute Gasteiger partial charge is 1.00 e. The van der Waals surface area contributed by atoms with Crippen molar-refractivity contribution in [1.82, 2.24) is 0 Å². The van der Waals surface area contributed by atoms with Gasteiger partial charge in [0.05, 0.1) is 0 Å². The number of halogens is 3. The molecule has 4 rings (SSSR count). The minimum absolute atomic E-state index is 0. The molecule has 0 bridgehead atoms. The van der Waals surface area contributed by atoms with Crippen LogP contribution in [-0.4, -0.2) is 0 Å². The first-order valence-corrected chi connectivity index (χ1v) is 10.3. The second kappa shape index (κ2) is 14.1. The molecule has 0 radical (unpaired) electrons. The van der Waals surface area contributed by atoms with E-state index in [9.17, 15) is 0 Å². The van der Waals surface area contributed by atoms with Gasteiger partial charge in [-0.3, -0.25) is 6.08 Å². The summed E-state index contributed by atoms with van der Waals surface area (Å²) < 4.78 is 0. The Balaban J connectivity index is 0.00000240. The minimum Gasteiger partial charge on any atom is -1.00 e. The van der Waals surface area contributed by atoms with E-state index in [1.807, 2.05) is 0 Å². The van der Waals surface area contributed by atoms with Crippen LogP contribution in [0.1, 0.15) is 43.4 Å². The minimum atomic E-state index is -0.352. The Morgan fingerprint density at radius 2 is 1.09 bits per heavy atom. The average molecular weight is 518 g/mol. The second-order valence-corrected chi connectivity index (χ2v) is 7.57. The van der Waals surface area contributed by atoms with Crippen molar-refractivity contribution in [2.24, 2.45) is 5.92 Å². The number of benzene rings is 3. The molecule has 0 amide bonds. The maximum Gasteiger partial charge on any atom is 4.00 e. The van der Waals surface area contributed by atoms with Gasteiger partial charge in [-0.15, -0.1) is 6.42 Å². The zero-order valence-corrected chi connectivity index (χ0v) is 22.2. The predicted octanol–water partition coefficient (Wildman–Crippen LogP) is -1.86. The van der Waals surface area contributed by atoms with E-state index in [4.69, 9.17) is 0 Å². The molecule has 0 saturated heterocycles. The summed E-state index contributed by atoms with van der Waals surface area (Å²) in [6, 6.07) is 32.8. The molecule has 1 aliphatic rings. The van der Waals surface area contributed by atoms with Gasteiger partial charge in [-0.05, 0) is 16.7 Å². The maximum absolute atomic E-state index is 3.78. The van der Waals surface area contributed by atoms with E-state index in [2.05, 4.69) is 117 Å². The van der Waals surface area contributed by atoms with Crippen molar-refractivity contribution in [2.75, 3.05) is 0 Å². The van der Waals surface area contributed by atoms with Crippen molar-refractivity contribution in [3.8, 4) is 0 Å². The molecular weight excluding hydrogens is 491 g/mol. The fourth-order valence-corrected chi connectivity index (χ4v) is 4.48. The summed E-state index contributed by atoms with van der Waals surface area (Å²) in [6.45, 7) is 4.61. The summed E-state index contributed by atoms with van der Waals surface area (Å²) in [4.78, 5) is 0. The molecule has 0 N–H and O–H groups in total. The molecule has 0 aromatic heterocycles. The van der Waals surface area contributed by atoms with Gasteiger partial charge in [0.1, 0.15) is 0 Å². The van der Waals surface area contributed by atoms with Crippen LogP contribution < -0.4 is 37.2 Å². The molecule has 4 heteroatoms. The summed E-state index contributed by atoms with van der Waals surface area (Å²) in [7, 11) is 0. The van der Waals surface area contributed by atoms with Crippen LogP contribution in [0.15, 0.2) is 108 Å². The molecule has 1 atom stereocenters. The molecule has 0 fully saturated rings. The largest absolute Gasteiger partial charge is 4.00 e. The molecule has 3 aromatic rings. The summed E-state index contributed by atoms with van der Waals surface area (Å²) >= 11 is 0. The van der Waals surface area contributed by atoms with Crippen LogP contribution >= 0.6 is 0 Å². The van der Waals surface area contributed by atoms with Crippen LogP contribution in [0.25, 0.3) is 0 Å². The fourth-order valence-electron chi connectivity index (χ4n) is 4.48. The second-order valence-electron chi connectivity index (χ2n) is 7.57. The van der Waals surface area contributed by atoms with Crippen LogP contribution in [0.4, 0.5) is 0 Å². The van der Waals surface area contributed by atoms with E-state index in [1.165, 1.54) is 27.8 Å². The first-order valence-electron chi connectivity index (χ1n) is 10.3. The summed E-state index contributed by atoms with van der Waals surface area (Å²) in [5, 5.41) is 0. The SMILES string of the molecule is CCC(C)C1=CC[C-]=C1C(c1ccccc1)(c1ccccc1)c1ccccc1.[Cl-].[Cl-].[Cl-].[Ti+4]. The standard InChI is InChI=1S/C28H27.3ClH.Ti/c1-3-22(2)26-20-13-21-27(26)28(23-14-7-4-8-15-23,24-16-9-5-10-17-24)25-18-11-6-12-19-25;;;;/h4-12,14-20,22H,3,13H2,1-2H3;3*1H;/q-1;;;;+4/p-3. The number of hydrogen-bond acceptors (Lipinski definition) is 0. The van der Waals surface area contributed by atoms with Crippen molar-refractivity contribution in [2.45, 2.75) is 32.1 Å². The molecule has 164 valence electrons. The Morgan fingerprint density at radius 1 is 0.719 bits per heavy atom. The van der Waals surface area contributed by atoms with E-state index >= 15 is 0 Å². The van der Waals surface area contributed by atoms with Gasteiger partial charge in [-0.2, -0.15) is 11.6 Å². The van der Waals surface area contributed by atoms with Gasteiger partial charge < -0.3 is 37.2 Å². The van der Waals surface area contributed by atoms with Gasteiger partial charge in [-0.1, -0.05) is 117 Å². The molecule has 3 aromatic carbocycles. The third-order valence-corrected chi connectivity index (χ3v) is 6.03.